The molecule has 0 atom stereocenters. The molecule has 3 nitrogen and oxygen atoms in total. The molecule has 0 saturated heterocycles. The van der Waals surface area contributed by atoms with Crippen LogP contribution in [0.2, 0.25) is 0 Å². The average molecular weight is 171 g/mol. The fourth-order valence-corrected chi connectivity index (χ4v) is 2.98. The van der Waals surface area contributed by atoms with Gasteiger partial charge in [0, 0.05) is 6.20 Å². The smallest absolute Gasteiger partial charge is 0.217 e. The highest BCUT2D eigenvalue weighted by molar-refractivity contribution is 7.93. The normalized spacial score (nSPS) is 23.8. The Bertz CT molecular complexity index is 400. The van der Waals surface area contributed by atoms with Crippen molar-refractivity contribution < 1.29 is 8.42 Å². The van der Waals surface area contributed by atoms with Gasteiger partial charge in [0.05, 0.1) is 0 Å². The molecule has 60 valence electrons. The van der Waals surface area contributed by atoms with Crippen LogP contribution in [-0.4, -0.2) is 13.0 Å². The van der Waals surface area contributed by atoms with E-state index in [1.54, 1.807) is 36.7 Å². The molecule has 2 heterocycles. The number of sulfone groups is 1. The van der Waals surface area contributed by atoms with Gasteiger partial charge in [0.1, 0.15) is 9.90 Å². The highest BCUT2D eigenvalue weighted by Gasteiger charge is 2.49. The Hall–Kier alpha value is -0.770. The molecular weight excluding hydrogens is 162 g/mol. The van der Waals surface area contributed by atoms with E-state index >= 15 is 0 Å². The fraction of sp³-hybridized carbons (Fsp3) is 0.429. The number of hydrogen-bond donors (Lipinski definition) is 0. The zero-order valence-electron chi connectivity index (χ0n) is 6.40. The van der Waals surface area contributed by atoms with Crippen LogP contribution in [0.3, 0.4) is 0 Å². The largest absolute Gasteiger partial charge is 0.319 e. The molecule has 0 radical (unpaired) electrons. The summed E-state index contributed by atoms with van der Waals surface area (Å²) in [5, 5.41) is 0.433. The van der Waals surface area contributed by atoms with Gasteiger partial charge >= 0.3 is 0 Å². The highest BCUT2D eigenvalue weighted by Crippen LogP contribution is 2.41. The van der Waals surface area contributed by atoms with Crippen molar-refractivity contribution in [1.82, 2.24) is 4.57 Å². The van der Waals surface area contributed by atoms with E-state index in [2.05, 4.69) is 0 Å². The van der Waals surface area contributed by atoms with Crippen LogP contribution in [0.1, 0.15) is 13.8 Å². The summed E-state index contributed by atoms with van der Waals surface area (Å²) in [6, 6.07) is 3.38. The van der Waals surface area contributed by atoms with Crippen LogP contribution in [0.15, 0.2) is 23.4 Å². The van der Waals surface area contributed by atoms with Crippen molar-refractivity contribution in [1.29, 1.82) is 0 Å². The Morgan fingerprint density at radius 1 is 1.45 bits per heavy atom. The molecule has 0 fully saturated rings. The number of nitrogens with zero attached hydrogens (tertiary/aromatic N) is 1. The predicted molar refractivity (Wildman–Crippen MR) is 40.9 cm³/mol. The van der Waals surface area contributed by atoms with Crippen molar-refractivity contribution in [3.05, 3.63) is 18.3 Å². The van der Waals surface area contributed by atoms with Crippen LogP contribution < -0.4 is 0 Å². The standard InChI is InChI=1S/C7H9NO2S/c1-7(2)8-5-3-4-6(8)11(7,9)10/h3-5H,1-2H3. The maximum atomic E-state index is 11.4. The number of fused-ring (bicyclic) bond motifs is 1. The summed E-state index contributed by atoms with van der Waals surface area (Å²) in [6.07, 6.45) is 1.79. The third kappa shape index (κ3) is 0.528. The van der Waals surface area contributed by atoms with Gasteiger partial charge in [0.15, 0.2) is 0 Å². The molecule has 1 aliphatic heterocycles. The van der Waals surface area contributed by atoms with Crippen LogP contribution in [0.25, 0.3) is 0 Å². The molecule has 0 aliphatic carbocycles. The van der Waals surface area contributed by atoms with Gasteiger partial charge in [-0.15, -0.1) is 0 Å². The van der Waals surface area contributed by atoms with Gasteiger partial charge in [-0.05, 0) is 26.0 Å². The molecule has 0 N–H and O–H groups in total. The minimum Gasteiger partial charge on any atom is -0.319 e. The van der Waals surface area contributed by atoms with Gasteiger partial charge in [-0.3, -0.25) is 0 Å². The van der Waals surface area contributed by atoms with Crippen molar-refractivity contribution in [3.63, 3.8) is 0 Å². The quantitative estimate of drug-likeness (QED) is 0.583. The second kappa shape index (κ2) is 1.53. The summed E-state index contributed by atoms with van der Waals surface area (Å²) in [5.41, 5.74) is 0. The summed E-state index contributed by atoms with van der Waals surface area (Å²) in [5.74, 6) is 0. The zero-order valence-corrected chi connectivity index (χ0v) is 7.22. The summed E-state index contributed by atoms with van der Waals surface area (Å²) in [7, 11) is -3.01. The lowest BCUT2D eigenvalue weighted by Crippen LogP contribution is -2.46. The Kier molecular flexibility index (Phi) is 0.960. The molecule has 1 aromatic rings. The first-order valence-electron chi connectivity index (χ1n) is 3.40. The molecule has 1 aromatic heterocycles. The van der Waals surface area contributed by atoms with Crippen LogP contribution in [0, 0.1) is 0 Å². The van der Waals surface area contributed by atoms with E-state index in [4.69, 9.17) is 0 Å². The SMILES string of the molecule is CC1(C)n2cccc2S1(=O)=O. The first kappa shape index (κ1) is 6.91. The Morgan fingerprint density at radius 2 is 2.09 bits per heavy atom. The van der Waals surface area contributed by atoms with Crippen molar-refractivity contribution >= 4 is 9.84 Å². The zero-order chi connectivity index (χ0) is 8.28. The number of rotatable bonds is 0. The van der Waals surface area contributed by atoms with Crippen LogP contribution >= 0.6 is 0 Å². The van der Waals surface area contributed by atoms with Crippen LogP contribution in [-0.2, 0) is 14.7 Å². The minimum atomic E-state index is -3.01. The maximum Gasteiger partial charge on any atom is 0.217 e. The first-order chi connectivity index (χ1) is 4.98. The fourth-order valence-electron chi connectivity index (χ4n) is 1.38. The topological polar surface area (TPSA) is 39.1 Å². The molecule has 0 amide bonds. The summed E-state index contributed by atoms with van der Waals surface area (Å²) >= 11 is 0. The molecule has 4 heteroatoms. The summed E-state index contributed by atoms with van der Waals surface area (Å²) < 4.78 is 24.6. The predicted octanol–water partition coefficient (Wildman–Crippen LogP) is 0.968. The van der Waals surface area contributed by atoms with E-state index in [1.165, 1.54) is 0 Å². The monoisotopic (exact) mass is 171 g/mol. The summed E-state index contributed by atoms with van der Waals surface area (Å²) in [4.78, 5) is -0.730. The molecule has 0 spiro atoms. The molecule has 0 aromatic carbocycles. The van der Waals surface area contributed by atoms with Crippen LogP contribution in [0.4, 0.5) is 0 Å². The lowest BCUT2D eigenvalue weighted by molar-refractivity contribution is 0.388. The number of aromatic nitrogens is 1. The van der Waals surface area contributed by atoms with E-state index in [0.29, 0.717) is 5.03 Å². The van der Waals surface area contributed by atoms with Gasteiger partial charge in [0.25, 0.3) is 0 Å². The van der Waals surface area contributed by atoms with E-state index in [0.717, 1.165) is 0 Å². The van der Waals surface area contributed by atoms with Gasteiger partial charge in [-0.1, -0.05) is 0 Å². The van der Waals surface area contributed by atoms with Crippen molar-refractivity contribution in [2.45, 2.75) is 23.7 Å². The second-order valence-corrected chi connectivity index (χ2v) is 5.59. The molecule has 11 heavy (non-hydrogen) atoms. The molecule has 0 bridgehead atoms. The molecule has 0 saturated carbocycles. The van der Waals surface area contributed by atoms with E-state index in [9.17, 15) is 8.42 Å². The molecule has 1 aliphatic rings. The van der Waals surface area contributed by atoms with Gasteiger partial charge in [-0.25, -0.2) is 8.42 Å². The lowest BCUT2D eigenvalue weighted by Gasteiger charge is -2.37. The van der Waals surface area contributed by atoms with Gasteiger partial charge < -0.3 is 4.57 Å². The van der Waals surface area contributed by atoms with Crippen molar-refractivity contribution in [3.8, 4) is 0 Å². The second-order valence-electron chi connectivity index (χ2n) is 3.17. The first-order valence-corrected chi connectivity index (χ1v) is 4.89. The maximum absolute atomic E-state index is 11.4. The van der Waals surface area contributed by atoms with Crippen molar-refractivity contribution in [2.75, 3.05) is 0 Å². The third-order valence-electron chi connectivity index (χ3n) is 2.22. The van der Waals surface area contributed by atoms with Gasteiger partial charge in [0.2, 0.25) is 9.84 Å². The minimum absolute atomic E-state index is 0.433. The third-order valence-corrected chi connectivity index (χ3v) is 4.62. The van der Waals surface area contributed by atoms with Crippen molar-refractivity contribution in [2.24, 2.45) is 0 Å². The van der Waals surface area contributed by atoms with E-state index < -0.39 is 14.7 Å². The van der Waals surface area contributed by atoms with E-state index in [1.807, 2.05) is 0 Å². The molecule has 0 unspecified atom stereocenters. The average Bonchev–Trinajstić information content (AvgIpc) is 2.32. The molecular formula is C7H9NO2S. The van der Waals surface area contributed by atoms with Crippen LogP contribution in [0.5, 0.6) is 0 Å². The highest BCUT2D eigenvalue weighted by atomic mass is 32.2. The Balaban J connectivity index is 2.83. The Labute approximate surface area is 65.6 Å². The molecule has 2 rings (SSSR count). The summed E-state index contributed by atoms with van der Waals surface area (Å²) in [6.45, 7) is 3.41. The number of hydrogen-bond acceptors (Lipinski definition) is 2. The Morgan fingerprint density at radius 3 is 2.64 bits per heavy atom. The van der Waals surface area contributed by atoms with E-state index in [-0.39, 0.29) is 0 Å². The van der Waals surface area contributed by atoms with Gasteiger partial charge in [-0.2, -0.15) is 0 Å². The lowest BCUT2D eigenvalue weighted by atomic mass is 10.4.